The summed E-state index contributed by atoms with van der Waals surface area (Å²) < 4.78 is 5.56. The van der Waals surface area contributed by atoms with Crippen LogP contribution in [0.2, 0.25) is 0 Å². The van der Waals surface area contributed by atoms with Gasteiger partial charge in [0.05, 0.1) is 23.6 Å². The van der Waals surface area contributed by atoms with Crippen LogP contribution in [0.3, 0.4) is 0 Å². The van der Waals surface area contributed by atoms with Crippen LogP contribution in [0.15, 0.2) is 53.5 Å². The second-order valence-corrected chi connectivity index (χ2v) is 6.70. The minimum atomic E-state index is -0.422. The molecule has 3 rings (SSSR count). The van der Waals surface area contributed by atoms with Crippen LogP contribution >= 0.6 is 11.8 Å². The van der Waals surface area contributed by atoms with E-state index in [1.165, 1.54) is 23.9 Å². The number of carbonyl (C=O) groups excluding carboxylic acids is 1. The standard InChI is InChI=1S/C19H19N3O4S/c1-2-26-17-6-4-3-5-16(17)18(23)21-12-11-20-19(21)27-13-14-7-9-15(10-8-14)22(24)25/h3-10H,2,11-13H2,1H3. The van der Waals surface area contributed by atoms with Crippen molar-refractivity contribution in [1.29, 1.82) is 0 Å². The highest BCUT2D eigenvalue weighted by molar-refractivity contribution is 8.13. The number of nitro benzene ring substituents is 1. The number of hydrogen-bond donors (Lipinski definition) is 0. The quantitative estimate of drug-likeness (QED) is 0.559. The average molecular weight is 385 g/mol. The van der Waals surface area contributed by atoms with Crippen molar-refractivity contribution in [2.24, 2.45) is 4.99 Å². The Bertz CT molecular complexity index is 868. The monoisotopic (exact) mass is 385 g/mol. The van der Waals surface area contributed by atoms with Gasteiger partial charge in [0.15, 0.2) is 5.17 Å². The molecule has 27 heavy (non-hydrogen) atoms. The number of aliphatic imine (C=N–C) groups is 1. The Morgan fingerprint density at radius 3 is 2.70 bits per heavy atom. The zero-order valence-corrected chi connectivity index (χ0v) is 15.6. The van der Waals surface area contributed by atoms with Crippen molar-refractivity contribution < 1.29 is 14.5 Å². The fourth-order valence-corrected chi connectivity index (χ4v) is 3.67. The van der Waals surface area contributed by atoms with Gasteiger partial charge in [-0.05, 0) is 24.6 Å². The Hall–Kier alpha value is -2.87. The average Bonchev–Trinajstić information content (AvgIpc) is 3.15. The molecule has 0 bridgehead atoms. The van der Waals surface area contributed by atoms with Gasteiger partial charge in [-0.1, -0.05) is 36.0 Å². The number of amidine groups is 1. The maximum atomic E-state index is 13.0. The number of benzene rings is 2. The van der Waals surface area contributed by atoms with E-state index in [0.717, 1.165) is 5.56 Å². The molecular weight excluding hydrogens is 366 g/mol. The number of non-ortho nitro benzene ring substituents is 1. The first kappa shape index (κ1) is 18.9. The van der Waals surface area contributed by atoms with Gasteiger partial charge in [-0.2, -0.15) is 0 Å². The smallest absolute Gasteiger partial charge is 0.269 e. The van der Waals surface area contributed by atoms with E-state index in [1.807, 2.05) is 19.1 Å². The fourth-order valence-electron chi connectivity index (χ4n) is 2.67. The molecular formula is C19H19N3O4S. The molecule has 1 heterocycles. The number of nitro groups is 1. The van der Waals surface area contributed by atoms with Gasteiger partial charge in [0.1, 0.15) is 5.75 Å². The number of nitrogens with zero attached hydrogens (tertiary/aromatic N) is 3. The molecule has 0 N–H and O–H groups in total. The number of amides is 1. The van der Waals surface area contributed by atoms with Gasteiger partial charge in [-0.3, -0.25) is 24.8 Å². The number of ether oxygens (including phenoxy) is 1. The lowest BCUT2D eigenvalue weighted by molar-refractivity contribution is -0.384. The van der Waals surface area contributed by atoms with E-state index in [9.17, 15) is 14.9 Å². The highest BCUT2D eigenvalue weighted by atomic mass is 32.2. The number of hydrogen-bond acceptors (Lipinski definition) is 6. The molecule has 0 unspecified atom stereocenters. The highest BCUT2D eigenvalue weighted by Gasteiger charge is 2.27. The Balaban J connectivity index is 1.68. The maximum Gasteiger partial charge on any atom is 0.269 e. The van der Waals surface area contributed by atoms with Crippen molar-refractivity contribution in [2.75, 3.05) is 19.7 Å². The zero-order valence-electron chi connectivity index (χ0n) is 14.8. The zero-order chi connectivity index (χ0) is 19.2. The summed E-state index contributed by atoms with van der Waals surface area (Å²) in [6.07, 6.45) is 0. The molecule has 0 aromatic heterocycles. The van der Waals surface area contributed by atoms with Crippen molar-refractivity contribution >= 4 is 28.5 Å². The van der Waals surface area contributed by atoms with Crippen molar-refractivity contribution in [2.45, 2.75) is 12.7 Å². The highest BCUT2D eigenvalue weighted by Crippen LogP contribution is 2.25. The summed E-state index contributed by atoms with van der Waals surface area (Å²) >= 11 is 1.45. The van der Waals surface area contributed by atoms with Crippen LogP contribution < -0.4 is 4.74 Å². The van der Waals surface area contributed by atoms with Gasteiger partial charge in [0.2, 0.25) is 0 Å². The van der Waals surface area contributed by atoms with Crippen molar-refractivity contribution in [3.05, 3.63) is 69.8 Å². The van der Waals surface area contributed by atoms with Crippen LogP contribution in [0.1, 0.15) is 22.8 Å². The molecule has 0 atom stereocenters. The molecule has 2 aromatic carbocycles. The number of rotatable bonds is 6. The van der Waals surface area contributed by atoms with E-state index in [1.54, 1.807) is 29.2 Å². The van der Waals surface area contributed by atoms with Crippen molar-refractivity contribution in [3.8, 4) is 5.75 Å². The van der Waals surface area contributed by atoms with Gasteiger partial charge in [-0.25, -0.2) is 0 Å². The lowest BCUT2D eigenvalue weighted by Crippen LogP contribution is -2.33. The lowest BCUT2D eigenvalue weighted by atomic mass is 10.2. The molecule has 1 aliphatic rings. The second-order valence-electron chi connectivity index (χ2n) is 5.76. The Kier molecular flexibility index (Phi) is 6.08. The van der Waals surface area contributed by atoms with E-state index in [4.69, 9.17) is 4.74 Å². The summed E-state index contributed by atoms with van der Waals surface area (Å²) in [5, 5.41) is 11.4. The minimum Gasteiger partial charge on any atom is -0.493 e. The summed E-state index contributed by atoms with van der Waals surface area (Å²) in [6.45, 7) is 3.46. The van der Waals surface area contributed by atoms with E-state index >= 15 is 0 Å². The summed E-state index contributed by atoms with van der Waals surface area (Å²) in [4.78, 5) is 29.4. The molecule has 8 heteroatoms. The van der Waals surface area contributed by atoms with E-state index in [0.29, 0.717) is 41.9 Å². The summed E-state index contributed by atoms with van der Waals surface area (Å²) in [7, 11) is 0. The normalized spacial score (nSPS) is 13.4. The van der Waals surface area contributed by atoms with Crippen molar-refractivity contribution in [3.63, 3.8) is 0 Å². The molecule has 7 nitrogen and oxygen atoms in total. The molecule has 0 aliphatic carbocycles. The molecule has 1 aliphatic heterocycles. The topological polar surface area (TPSA) is 85.0 Å². The third-order valence-electron chi connectivity index (χ3n) is 3.98. The van der Waals surface area contributed by atoms with Gasteiger partial charge in [0.25, 0.3) is 11.6 Å². The number of para-hydroxylation sites is 1. The van der Waals surface area contributed by atoms with Gasteiger partial charge in [-0.15, -0.1) is 0 Å². The SMILES string of the molecule is CCOc1ccccc1C(=O)N1CCN=C1SCc1ccc([N+](=O)[O-])cc1. The first-order valence-electron chi connectivity index (χ1n) is 8.54. The number of thioether (sulfide) groups is 1. The van der Waals surface area contributed by atoms with E-state index in [2.05, 4.69) is 4.99 Å². The maximum absolute atomic E-state index is 13.0. The van der Waals surface area contributed by atoms with Gasteiger partial charge in [0, 0.05) is 24.4 Å². The Morgan fingerprint density at radius 1 is 1.26 bits per heavy atom. The Morgan fingerprint density at radius 2 is 2.00 bits per heavy atom. The van der Waals surface area contributed by atoms with Crippen LogP contribution in [0.4, 0.5) is 5.69 Å². The van der Waals surface area contributed by atoms with Crippen LogP contribution in [-0.4, -0.2) is 40.6 Å². The van der Waals surface area contributed by atoms with E-state index in [-0.39, 0.29) is 11.6 Å². The van der Waals surface area contributed by atoms with Gasteiger partial charge < -0.3 is 4.74 Å². The first-order valence-corrected chi connectivity index (χ1v) is 9.53. The lowest BCUT2D eigenvalue weighted by Gasteiger charge is -2.19. The van der Waals surface area contributed by atoms with Crippen LogP contribution in [0.25, 0.3) is 0 Å². The summed E-state index contributed by atoms with van der Waals surface area (Å²) in [5.74, 6) is 1.01. The molecule has 1 amide bonds. The van der Waals surface area contributed by atoms with Crippen LogP contribution in [0.5, 0.6) is 5.75 Å². The Labute approximate surface area is 161 Å². The third kappa shape index (κ3) is 4.46. The summed E-state index contributed by atoms with van der Waals surface area (Å²) in [5.41, 5.74) is 1.51. The molecule has 0 radical (unpaired) electrons. The predicted octanol–water partition coefficient (Wildman–Crippen LogP) is 3.74. The third-order valence-corrected chi connectivity index (χ3v) is 5.06. The molecule has 0 spiro atoms. The molecule has 0 saturated carbocycles. The predicted molar refractivity (Wildman–Crippen MR) is 105 cm³/mol. The largest absolute Gasteiger partial charge is 0.493 e. The number of carbonyl (C=O) groups is 1. The molecule has 140 valence electrons. The van der Waals surface area contributed by atoms with Crippen LogP contribution in [-0.2, 0) is 5.75 Å². The summed E-state index contributed by atoms with van der Waals surface area (Å²) in [6, 6.07) is 13.6. The fraction of sp³-hybridized carbons (Fsp3) is 0.263. The molecule has 0 fully saturated rings. The van der Waals surface area contributed by atoms with E-state index < -0.39 is 4.92 Å². The van der Waals surface area contributed by atoms with Crippen LogP contribution in [0, 0.1) is 10.1 Å². The van der Waals surface area contributed by atoms with Gasteiger partial charge >= 0.3 is 0 Å². The molecule has 0 saturated heterocycles. The first-order chi connectivity index (χ1) is 13.1. The van der Waals surface area contributed by atoms with Crippen molar-refractivity contribution in [1.82, 2.24) is 4.90 Å². The molecule has 2 aromatic rings. The minimum absolute atomic E-state index is 0.0614. The second kappa shape index (κ2) is 8.68.